The van der Waals surface area contributed by atoms with Gasteiger partial charge < -0.3 is 10.0 Å². The van der Waals surface area contributed by atoms with Crippen molar-refractivity contribution in [3.8, 4) is 0 Å². The Morgan fingerprint density at radius 2 is 2.11 bits per heavy atom. The van der Waals surface area contributed by atoms with Gasteiger partial charge in [0.05, 0.1) is 12.0 Å². The fourth-order valence-electron chi connectivity index (χ4n) is 2.09. The Kier molecular flexibility index (Phi) is 3.71. The third kappa shape index (κ3) is 2.56. The second-order valence-corrected chi connectivity index (χ2v) is 5.40. The third-order valence-electron chi connectivity index (χ3n) is 3.13. The van der Waals surface area contributed by atoms with E-state index in [-0.39, 0.29) is 18.2 Å². The lowest BCUT2D eigenvalue weighted by Crippen LogP contribution is -2.50. The monoisotopic (exact) mass is 311 g/mol. The molecule has 2 rings (SSSR count). The SMILES string of the molecule is Cc1cccc(C(=O)N2CC(CC(=O)O)C2)c1Br. The van der Waals surface area contributed by atoms with Gasteiger partial charge in [-0.25, -0.2) is 0 Å². The first-order valence-electron chi connectivity index (χ1n) is 5.75. The summed E-state index contributed by atoms with van der Waals surface area (Å²) in [7, 11) is 0. The van der Waals surface area contributed by atoms with Crippen LogP contribution in [0.15, 0.2) is 22.7 Å². The standard InChI is InChI=1S/C13H14BrNO3/c1-8-3-2-4-10(12(8)14)13(18)15-6-9(7-15)5-11(16)17/h2-4,9H,5-7H2,1H3,(H,16,17). The minimum Gasteiger partial charge on any atom is -0.481 e. The molecule has 5 heteroatoms. The van der Waals surface area contributed by atoms with Crippen LogP contribution in [0.4, 0.5) is 0 Å². The number of nitrogens with zero attached hydrogens (tertiary/aromatic N) is 1. The van der Waals surface area contributed by atoms with Gasteiger partial charge in [-0.3, -0.25) is 9.59 Å². The molecule has 4 nitrogen and oxygen atoms in total. The number of carboxylic acid groups (broad SMARTS) is 1. The van der Waals surface area contributed by atoms with Crippen LogP contribution in [0.25, 0.3) is 0 Å². The molecule has 18 heavy (non-hydrogen) atoms. The second-order valence-electron chi connectivity index (χ2n) is 4.61. The van der Waals surface area contributed by atoms with Gasteiger partial charge in [-0.2, -0.15) is 0 Å². The number of amides is 1. The Labute approximate surface area is 114 Å². The van der Waals surface area contributed by atoms with Crippen molar-refractivity contribution in [2.24, 2.45) is 5.92 Å². The highest BCUT2D eigenvalue weighted by molar-refractivity contribution is 9.10. The van der Waals surface area contributed by atoms with E-state index in [4.69, 9.17) is 5.11 Å². The highest BCUT2D eigenvalue weighted by atomic mass is 79.9. The summed E-state index contributed by atoms with van der Waals surface area (Å²) in [5.74, 6) is -0.744. The molecule has 1 heterocycles. The number of rotatable bonds is 3. The molecule has 1 saturated heterocycles. The number of halogens is 1. The Hall–Kier alpha value is -1.36. The highest BCUT2D eigenvalue weighted by Gasteiger charge is 2.33. The van der Waals surface area contributed by atoms with E-state index < -0.39 is 5.97 Å². The maximum Gasteiger partial charge on any atom is 0.303 e. The average Bonchev–Trinajstić information content (AvgIpc) is 2.25. The van der Waals surface area contributed by atoms with Crippen molar-refractivity contribution in [3.05, 3.63) is 33.8 Å². The third-order valence-corrected chi connectivity index (χ3v) is 4.18. The summed E-state index contributed by atoms with van der Waals surface area (Å²) in [6.45, 7) is 3.00. The summed E-state index contributed by atoms with van der Waals surface area (Å²) in [5, 5.41) is 8.66. The average molecular weight is 312 g/mol. The van der Waals surface area contributed by atoms with Crippen LogP contribution in [-0.4, -0.2) is 35.0 Å². The van der Waals surface area contributed by atoms with Gasteiger partial charge in [-0.05, 0) is 34.5 Å². The van der Waals surface area contributed by atoms with E-state index in [2.05, 4.69) is 15.9 Å². The molecule has 0 saturated carbocycles. The van der Waals surface area contributed by atoms with Gasteiger partial charge in [0.15, 0.2) is 0 Å². The molecule has 0 spiro atoms. The molecule has 1 aromatic rings. The van der Waals surface area contributed by atoms with Crippen LogP contribution >= 0.6 is 15.9 Å². The molecule has 1 aliphatic rings. The van der Waals surface area contributed by atoms with E-state index in [1.165, 1.54) is 0 Å². The lowest BCUT2D eigenvalue weighted by molar-refractivity contribution is -0.139. The van der Waals surface area contributed by atoms with Crippen LogP contribution in [0, 0.1) is 12.8 Å². The van der Waals surface area contributed by atoms with Crippen molar-refractivity contribution in [1.29, 1.82) is 0 Å². The van der Waals surface area contributed by atoms with E-state index in [0.29, 0.717) is 18.7 Å². The van der Waals surface area contributed by atoms with Crippen LogP contribution in [0.5, 0.6) is 0 Å². The number of hydrogen-bond acceptors (Lipinski definition) is 2. The summed E-state index contributed by atoms with van der Waals surface area (Å²) in [6, 6.07) is 5.57. The van der Waals surface area contributed by atoms with Crippen LogP contribution in [-0.2, 0) is 4.79 Å². The topological polar surface area (TPSA) is 57.6 Å². The van der Waals surface area contributed by atoms with Gasteiger partial charge >= 0.3 is 5.97 Å². The molecule has 1 amide bonds. The number of benzene rings is 1. The van der Waals surface area contributed by atoms with Crippen LogP contribution in [0.3, 0.4) is 0 Å². The summed E-state index contributed by atoms with van der Waals surface area (Å²) < 4.78 is 0.816. The van der Waals surface area contributed by atoms with Gasteiger partial charge in [0.1, 0.15) is 0 Å². The molecule has 1 fully saturated rings. The molecule has 0 atom stereocenters. The minimum absolute atomic E-state index is 0.0350. The molecule has 0 aromatic heterocycles. The molecule has 0 radical (unpaired) electrons. The predicted molar refractivity (Wildman–Crippen MR) is 70.5 cm³/mol. The van der Waals surface area contributed by atoms with E-state index in [1.54, 1.807) is 11.0 Å². The predicted octanol–water partition coefficient (Wildman–Crippen LogP) is 2.30. The van der Waals surface area contributed by atoms with Gasteiger partial charge in [-0.15, -0.1) is 0 Å². The Balaban J connectivity index is 2.02. The summed E-state index contributed by atoms with van der Waals surface area (Å²) in [4.78, 5) is 24.4. The number of aliphatic carboxylic acids is 1. The first-order valence-corrected chi connectivity index (χ1v) is 6.54. The Morgan fingerprint density at radius 1 is 1.44 bits per heavy atom. The summed E-state index contributed by atoms with van der Waals surface area (Å²) in [5.41, 5.74) is 1.66. The lowest BCUT2D eigenvalue weighted by atomic mass is 9.95. The number of likely N-dealkylation sites (tertiary alicyclic amines) is 1. The normalized spacial score (nSPS) is 15.3. The summed E-state index contributed by atoms with van der Waals surface area (Å²) in [6.07, 6.45) is 0.138. The first kappa shape index (κ1) is 13.1. The molecule has 1 N–H and O–H groups in total. The molecule has 1 aliphatic heterocycles. The maximum atomic E-state index is 12.2. The number of hydrogen-bond donors (Lipinski definition) is 1. The zero-order valence-electron chi connectivity index (χ0n) is 10.0. The van der Waals surface area contributed by atoms with Crippen LogP contribution in [0.1, 0.15) is 22.3 Å². The molecular formula is C13H14BrNO3. The van der Waals surface area contributed by atoms with E-state index >= 15 is 0 Å². The largest absolute Gasteiger partial charge is 0.481 e. The van der Waals surface area contributed by atoms with E-state index in [9.17, 15) is 9.59 Å². The number of carbonyl (C=O) groups is 2. The van der Waals surface area contributed by atoms with Crippen LogP contribution < -0.4 is 0 Å². The number of carbonyl (C=O) groups excluding carboxylic acids is 1. The highest BCUT2D eigenvalue weighted by Crippen LogP contribution is 2.26. The van der Waals surface area contributed by atoms with Gasteiger partial charge in [-0.1, -0.05) is 12.1 Å². The van der Waals surface area contributed by atoms with Crippen molar-refractivity contribution in [2.75, 3.05) is 13.1 Å². The zero-order chi connectivity index (χ0) is 13.3. The summed E-state index contributed by atoms with van der Waals surface area (Å²) >= 11 is 3.42. The molecule has 1 aromatic carbocycles. The van der Waals surface area contributed by atoms with Crippen molar-refractivity contribution in [1.82, 2.24) is 4.90 Å². The maximum absolute atomic E-state index is 12.2. The van der Waals surface area contributed by atoms with E-state index in [0.717, 1.165) is 10.0 Å². The Morgan fingerprint density at radius 3 is 2.72 bits per heavy atom. The fourth-order valence-corrected chi connectivity index (χ4v) is 2.53. The molecule has 0 unspecified atom stereocenters. The smallest absolute Gasteiger partial charge is 0.303 e. The van der Waals surface area contributed by atoms with Crippen molar-refractivity contribution >= 4 is 27.8 Å². The van der Waals surface area contributed by atoms with Gasteiger partial charge in [0, 0.05) is 23.5 Å². The molecular weight excluding hydrogens is 298 g/mol. The van der Waals surface area contributed by atoms with E-state index in [1.807, 2.05) is 19.1 Å². The van der Waals surface area contributed by atoms with Crippen molar-refractivity contribution in [2.45, 2.75) is 13.3 Å². The van der Waals surface area contributed by atoms with Crippen LogP contribution in [0.2, 0.25) is 0 Å². The second kappa shape index (κ2) is 5.10. The minimum atomic E-state index is -0.802. The van der Waals surface area contributed by atoms with Gasteiger partial charge in [0.2, 0.25) is 0 Å². The first-order chi connectivity index (χ1) is 8.49. The fraction of sp³-hybridized carbons (Fsp3) is 0.385. The van der Waals surface area contributed by atoms with Gasteiger partial charge in [0.25, 0.3) is 5.91 Å². The molecule has 96 valence electrons. The lowest BCUT2D eigenvalue weighted by Gasteiger charge is -2.38. The van der Waals surface area contributed by atoms with Crippen molar-refractivity contribution in [3.63, 3.8) is 0 Å². The van der Waals surface area contributed by atoms with Crippen molar-refractivity contribution < 1.29 is 14.7 Å². The Bertz CT molecular complexity index is 495. The zero-order valence-corrected chi connectivity index (χ0v) is 11.6. The quantitative estimate of drug-likeness (QED) is 0.932. The molecule has 0 aliphatic carbocycles. The number of carboxylic acids is 1. The molecule has 0 bridgehead atoms. The number of aryl methyl sites for hydroxylation is 1.